The summed E-state index contributed by atoms with van der Waals surface area (Å²) in [6.45, 7) is 1.60. The highest BCUT2D eigenvalue weighted by Gasteiger charge is 2.40. The quantitative estimate of drug-likeness (QED) is 0.607. The van der Waals surface area contributed by atoms with Crippen molar-refractivity contribution in [2.24, 2.45) is 13.0 Å². The molecule has 3 aliphatic heterocycles. The van der Waals surface area contributed by atoms with Gasteiger partial charge in [-0.25, -0.2) is 0 Å². The van der Waals surface area contributed by atoms with E-state index >= 15 is 0 Å². The number of nitrogens with zero attached hydrogens (tertiary/aromatic N) is 4. The zero-order valence-electron chi connectivity index (χ0n) is 15.2. The van der Waals surface area contributed by atoms with Crippen LogP contribution in [0.15, 0.2) is 42.9 Å². The third kappa shape index (κ3) is 3.25. The highest BCUT2D eigenvalue weighted by molar-refractivity contribution is 6.42. The van der Waals surface area contributed by atoms with E-state index in [0.717, 1.165) is 12.8 Å². The van der Waals surface area contributed by atoms with Gasteiger partial charge in [0.15, 0.2) is 0 Å². The monoisotopic (exact) mass is 366 g/mol. The average molecular weight is 366 g/mol. The van der Waals surface area contributed by atoms with Gasteiger partial charge in [-0.15, -0.1) is 0 Å². The number of carbonyl (C=O) groups excluding carboxylic acids is 3. The molecule has 0 aromatic carbocycles. The van der Waals surface area contributed by atoms with Gasteiger partial charge >= 0.3 is 0 Å². The number of carbonyl (C=O) groups is 3. The molecule has 2 amide bonds. The van der Waals surface area contributed by atoms with Crippen LogP contribution >= 0.6 is 0 Å². The van der Waals surface area contributed by atoms with Crippen LogP contribution in [0.3, 0.4) is 0 Å². The Labute approximate surface area is 157 Å². The number of aromatic nitrogens is 2. The Kier molecular flexibility index (Phi) is 4.51. The summed E-state index contributed by atoms with van der Waals surface area (Å²) in [5.41, 5.74) is 0.994. The second-order valence-corrected chi connectivity index (χ2v) is 7.33. The first-order chi connectivity index (χ1) is 13.0. The first kappa shape index (κ1) is 17.5. The number of fused-ring (bicyclic) bond motifs is 4. The van der Waals surface area contributed by atoms with Crippen LogP contribution in [0.25, 0.3) is 0 Å². The summed E-state index contributed by atoms with van der Waals surface area (Å²) in [5, 5.41) is 0. The molecule has 140 valence electrons. The average Bonchev–Trinajstić information content (AvgIpc) is 2.92. The molecule has 0 radical (unpaired) electrons. The van der Waals surface area contributed by atoms with Crippen LogP contribution in [0.1, 0.15) is 33.7 Å². The second kappa shape index (κ2) is 6.98. The summed E-state index contributed by atoms with van der Waals surface area (Å²) in [6, 6.07) is 6.71. The van der Waals surface area contributed by atoms with Crippen molar-refractivity contribution in [3.8, 4) is 0 Å². The minimum Gasteiger partial charge on any atom is -0.348 e. The van der Waals surface area contributed by atoms with Crippen LogP contribution in [0.2, 0.25) is 0 Å². The van der Waals surface area contributed by atoms with E-state index in [0.29, 0.717) is 30.9 Å². The van der Waals surface area contributed by atoms with E-state index in [4.69, 9.17) is 0 Å². The summed E-state index contributed by atoms with van der Waals surface area (Å²) < 4.78 is 1.66. The molecular formula is C20H22N4O3. The van der Waals surface area contributed by atoms with Crippen molar-refractivity contribution in [1.29, 1.82) is 0 Å². The SMILES string of the molecule is Cn1cccc1C(=O)C(=O)N1C[C@H]2CC[C@@H]1CN(C(=O)c1ccncc1)C2. The normalized spacial score (nSPS) is 21.8. The molecule has 3 aliphatic rings. The molecule has 0 unspecified atom stereocenters. The molecule has 0 aliphatic carbocycles. The third-order valence-electron chi connectivity index (χ3n) is 5.56. The molecule has 0 spiro atoms. The topological polar surface area (TPSA) is 75.5 Å². The largest absolute Gasteiger partial charge is 0.348 e. The van der Waals surface area contributed by atoms with Crippen LogP contribution in [0.4, 0.5) is 0 Å². The van der Waals surface area contributed by atoms with Crippen molar-refractivity contribution < 1.29 is 14.4 Å². The lowest BCUT2D eigenvalue weighted by atomic mass is 9.94. The zero-order chi connectivity index (χ0) is 19.0. The predicted molar refractivity (Wildman–Crippen MR) is 98.1 cm³/mol. The number of pyridine rings is 1. The molecule has 2 aromatic heterocycles. The smallest absolute Gasteiger partial charge is 0.296 e. The van der Waals surface area contributed by atoms with Gasteiger partial charge in [0.1, 0.15) is 0 Å². The molecule has 0 saturated carbocycles. The first-order valence-electron chi connectivity index (χ1n) is 9.20. The van der Waals surface area contributed by atoms with Crippen LogP contribution in [-0.2, 0) is 11.8 Å². The summed E-state index contributed by atoms with van der Waals surface area (Å²) >= 11 is 0. The van der Waals surface area contributed by atoms with Crippen molar-refractivity contribution in [1.82, 2.24) is 19.4 Å². The van der Waals surface area contributed by atoms with Crippen LogP contribution in [-0.4, -0.2) is 62.6 Å². The zero-order valence-corrected chi connectivity index (χ0v) is 15.2. The molecule has 7 nitrogen and oxygen atoms in total. The Morgan fingerprint density at radius 2 is 1.81 bits per heavy atom. The van der Waals surface area contributed by atoms with E-state index in [9.17, 15) is 14.4 Å². The number of rotatable bonds is 3. The number of aryl methyl sites for hydroxylation is 1. The predicted octanol–water partition coefficient (Wildman–Crippen LogP) is 1.37. The van der Waals surface area contributed by atoms with Gasteiger partial charge in [-0.3, -0.25) is 19.4 Å². The summed E-state index contributed by atoms with van der Waals surface area (Å²) in [6.07, 6.45) is 6.75. The Morgan fingerprint density at radius 1 is 1.04 bits per heavy atom. The van der Waals surface area contributed by atoms with E-state index in [2.05, 4.69) is 4.98 Å². The number of ketones is 1. The summed E-state index contributed by atoms with van der Waals surface area (Å²) in [7, 11) is 1.75. The molecule has 2 atom stereocenters. The molecule has 0 N–H and O–H groups in total. The van der Waals surface area contributed by atoms with E-state index in [-0.39, 0.29) is 17.9 Å². The van der Waals surface area contributed by atoms with Gasteiger partial charge in [0.25, 0.3) is 17.6 Å². The number of Topliss-reactive ketones (excluding diaryl/α,β-unsaturated/α-hetero) is 1. The van der Waals surface area contributed by atoms with Gasteiger partial charge in [-0.05, 0) is 43.0 Å². The minimum absolute atomic E-state index is 0.0441. The molecular weight excluding hydrogens is 344 g/mol. The highest BCUT2D eigenvalue weighted by Crippen LogP contribution is 2.29. The standard InChI is InChI=1S/C20H22N4O3/c1-22-10-2-3-17(22)18(25)20(27)24-12-14-4-5-16(24)13-23(11-14)19(26)15-6-8-21-9-7-15/h2-3,6-10,14,16H,4-5,11-13H2,1H3/t14-,16+/m0/s1. The van der Waals surface area contributed by atoms with Gasteiger partial charge in [-0.1, -0.05) is 0 Å². The van der Waals surface area contributed by atoms with E-state index < -0.39 is 11.7 Å². The van der Waals surface area contributed by atoms with Crippen LogP contribution in [0, 0.1) is 5.92 Å². The van der Waals surface area contributed by atoms with Crippen molar-refractivity contribution in [2.45, 2.75) is 18.9 Å². The van der Waals surface area contributed by atoms with Crippen LogP contribution in [0.5, 0.6) is 0 Å². The fraction of sp³-hybridized carbons (Fsp3) is 0.400. The number of amides is 2. The maximum Gasteiger partial charge on any atom is 0.296 e. The molecule has 7 heteroatoms. The number of piperidine rings is 1. The maximum absolute atomic E-state index is 12.9. The number of hydrogen-bond acceptors (Lipinski definition) is 4. The number of hydrogen-bond donors (Lipinski definition) is 0. The van der Waals surface area contributed by atoms with Crippen molar-refractivity contribution in [2.75, 3.05) is 19.6 Å². The molecule has 5 rings (SSSR count). The second-order valence-electron chi connectivity index (χ2n) is 7.33. The van der Waals surface area contributed by atoms with Gasteiger partial charge in [0.05, 0.1) is 5.69 Å². The first-order valence-corrected chi connectivity index (χ1v) is 9.20. The van der Waals surface area contributed by atoms with Gasteiger partial charge in [-0.2, -0.15) is 0 Å². The minimum atomic E-state index is -0.484. The molecule has 5 heterocycles. The third-order valence-corrected chi connectivity index (χ3v) is 5.56. The molecule has 27 heavy (non-hydrogen) atoms. The van der Waals surface area contributed by atoms with Gasteiger partial charge in [0.2, 0.25) is 0 Å². The van der Waals surface area contributed by atoms with Crippen LogP contribution < -0.4 is 0 Å². The lowest BCUT2D eigenvalue weighted by molar-refractivity contribution is -0.130. The van der Waals surface area contributed by atoms with Gasteiger partial charge in [0, 0.05) is 56.9 Å². The van der Waals surface area contributed by atoms with E-state index in [1.54, 1.807) is 59.4 Å². The maximum atomic E-state index is 12.9. The van der Waals surface area contributed by atoms with E-state index in [1.165, 1.54) is 0 Å². The molecule has 2 bridgehead atoms. The fourth-order valence-electron chi connectivity index (χ4n) is 4.11. The molecule has 3 fully saturated rings. The van der Waals surface area contributed by atoms with Crippen molar-refractivity contribution in [3.63, 3.8) is 0 Å². The Hall–Kier alpha value is -2.96. The lowest BCUT2D eigenvalue weighted by Crippen LogP contribution is -2.50. The van der Waals surface area contributed by atoms with Gasteiger partial charge < -0.3 is 14.4 Å². The fourth-order valence-corrected chi connectivity index (χ4v) is 4.11. The van der Waals surface area contributed by atoms with Crippen molar-refractivity contribution in [3.05, 3.63) is 54.1 Å². The summed E-state index contributed by atoms with van der Waals surface area (Å²) in [5.74, 6) is -0.802. The van der Waals surface area contributed by atoms with Crippen molar-refractivity contribution >= 4 is 17.6 Å². The Bertz CT molecular complexity index is 876. The molecule has 3 saturated heterocycles. The highest BCUT2D eigenvalue weighted by atomic mass is 16.2. The Balaban J connectivity index is 1.53. The summed E-state index contributed by atoms with van der Waals surface area (Å²) in [4.78, 5) is 45.8. The molecule has 2 aromatic rings. The Morgan fingerprint density at radius 3 is 2.52 bits per heavy atom. The lowest BCUT2D eigenvalue weighted by Gasteiger charge is -2.35. The van der Waals surface area contributed by atoms with E-state index in [1.807, 2.05) is 4.90 Å².